The van der Waals surface area contributed by atoms with Gasteiger partial charge in [0.15, 0.2) is 0 Å². The second kappa shape index (κ2) is 7.32. The number of aryl methyl sites for hydroxylation is 2. The Morgan fingerprint density at radius 2 is 1.71 bits per heavy atom. The van der Waals surface area contributed by atoms with Gasteiger partial charge in [0.25, 0.3) is 0 Å². The number of hydrogen-bond acceptors (Lipinski definition) is 4. The van der Waals surface area contributed by atoms with Crippen LogP contribution in [0.2, 0.25) is 0 Å². The molecule has 0 fully saturated rings. The summed E-state index contributed by atoms with van der Waals surface area (Å²) in [5.74, 6) is 1.40. The summed E-state index contributed by atoms with van der Waals surface area (Å²) in [6, 6.07) is 16.7. The molecular weight excluding hydrogens is 369 g/mol. The Morgan fingerprint density at radius 1 is 0.929 bits per heavy atom. The van der Waals surface area contributed by atoms with Gasteiger partial charge in [0, 0.05) is 17.0 Å². The molecule has 2 aromatic carbocycles. The normalized spacial score (nSPS) is 13.5. The lowest BCUT2D eigenvalue weighted by molar-refractivity contribution is 0.628. The predicted octanol–water partition coefficient (Wildman–Crippen LogP) is 6.04. The highest BCUT2D eigenvalue weighted by Gasteiger charge is 2.21. The minimum atomic E-state index is -0.240. The lowest BCUT2D eigenvalue weighted by Crippen LogP contribution is -2.04. The molecule has 4 aromatic rings. The summed E-state index contributed by atoms with van der Waals surface area (Å²) in [5, 5.41) is 4.57. The van der Waals surface area contributed by atoms with Gasteiger partial charge in [-0.25, -0.2) is 14.4 Å². The van der Waals surface area contributed by atoms with Gasteiger partial charge >= 0.3 is 0 Å². The first-order valence-electron chi connectivity index (χ1n) is 9.64. The molecule has 3 nitrogen and oxygen atoms in total. The van der Waals surface area contributed by atoms with Gasteiger partial charge < -0.3 is 5.32 Å². The number of aromatic nitrogens is 2. The van der Waals surface area contributed by atoms with E-state index < -0.39 is 0 Å². The Bertz CT molecular complexity index is 1120. The third kappa shape index (κ3) is 3.38. The molecule has 5 heteroatoms. The molecule has 0 aliphatic heterocycles. The third-order valence-electron chi connectivity index (χ3n) is 5.17. The SMILES string of the molecule is Fc1ccc(Nc2nc(Cc3ccccc3)nc3sc4c(c23)CCCC4)cc1. The minimum Gasteiger partial charge on any atom is -0.340 e. The number of anilines is 2. The predicted molar refractivity (Wildman–Crippen MR) is 113 cm³/mol. The van der Waals surface area contributed by atoms with Crippen LogP contribution in [0.25, 0.3) is 10.2 Å². The van der Waals surface area contributed by atoms with Crippen LogP contribution in [-0.2, 0) is 19.3 Å². The van der Waals surface area contributed by atoms with Gasteiger partial charge in [0.05, 0.1) is 5.39 Å². The van der Waals surface area contributed by atoms with Crippen LogP contribution in [0.15, 0.2) is 54.6 Å². The maximum atomic E-state index is 13.3. The molecule has 5 rings (SSSR count). The van der Waals surface area contributed by atoms with Gasteiger partial charge in [-0.1, -0.05) is 30.3 Å². The highest BCUT2D eigenvalue weighted by Crippen LogP contribution is 2.39. The van der Waals surface area contributed by atoms with Crippen LogP contribution in [0, 0.1) is 5.82 Å². The van der Waals surface area contributed by atoms with Crippen LogP contribution in [0.3, 0.4) is 0 Å². The van der Waals surface area contributed by atoms with Crippen molar-refractivity contribution in [2.75, 3.05) is 5.32 Å². The van der Waals surface area contributed by atoms with E-state index in [1.165, 1.54) is 41.0 Å². The fraction of sp³-hybridized carbons (Fsp3) is 0.217. The summed E-state index contributed by atoms with van der Waals surface area (Å²) < 4.78 is 13.3. The Labute approximate surface area is 167 Å². The van der Waals surface area contributed by atoms with Crippen LogP contribution in [0.1, 0.15) is 34.7 Å². The van der Waals surface area contributed by atoms with Crippen molar-refractivity contribution in [3.63, 3.8) is 0 Å². The maximum Gasteiger partial charge on any atom is 0.143 e. The summed E-state index contributed by atoms with van der Waals surface area (Å²) in [6.45, 7) is 0. The minimum absolute atomic E-state index is 0.240. The second-order valence-corrected chi connectivity index (χ2v) is 8.26. The van der Waals surface area contributed by atoms with Gasteiger partial charge in [-0.2, -0.15) is 0 Å². The average Bonchev–Trinajstić information content (AvgIpc) is 3.09. The summed E-state index contributed by atoms with van der Waals surface area (Å²) in [5.41, 5.74) is 3.42. The molecule has 0 saturated carbocycles. The number of benzene rings is 2. The fourth-order valence-electron chi connectivity index (χ4n) is 3.82. The van der Waals surface area contributed by atoms with Crippen molar-refractivity contribution in [1.82, 2.24) is 9.97 Å². The van der Waals surface area contributed by atoms with Gasteiger partial charge in [-0.3, -0.25) is 0 Å². The molecule has 1 N–H and O–H groups in total. The number of nitrogens with one attached hydrogen (secondary N) is 1. The van der Waals surface area contributed by atoms with E-state index in [0.29, 0.717) is 6.42 Å². The monoisotopic (exact) mass is 389 g/mol. The standard InChI is InChI=1S/C23H20FN3S/c24-16-10-12-17(13-11-16)25-22-21-18-8-4-5-9-19(18)28-23(21)27-20(26-22)14-15-6-2-1-3-7-15/h1-3,6-7,10-13H,4-5,8-9,14H2,(H,25,26,27). The largest absolute Gasteiger partial charge is 0.340 e. The molecule has 2 heterocycles. The van der Waals surface area contributed by atoms with E-state index in [4.69, 9.17) is 9.97 Å². The average molecular weight is 389 g/mol. The zero-order chi connectivity index (χ0) is 18.9. The molecule has 1 aliphatic rings. The number of thiophene rings is 1. The molecule has 0 saturated heterocycles. The van der Waals surface area contributed by atoms with E-state index in [0.717, 1.165) is 40.4 Å². The Balaban J connectivity index is 1.61. The third-order valence-corrected chi connectivity index (χ3v) is 6.36. The molecule has 0 bridgehead atoms. The van der Waals surface area contributed by atoms with E-state index in [-0.39, 0.29) is 5.82 Å². The number of hydrogen-bond donors (Lipinski definition) is 1. The van der Waals surface area contributed by atoms with Crippen molar-refractivity contribution >= 4 is 33.1 Å². The molecule has 0 spiro atoms. The Hall–Kier alpha value is -2.79. The summed E-state index contributed by atoms with van der Waals surface area (Å²) >= 11 is 1.80. The lowest BCUT2D eigenvalue weighted by atomic mass is 9.97. The molecule has 1 aliphatic carbocycles. The van der Waals surface area contributed by atoms with Crippen LogP contribution in [0.4, 0.5) is 15.9 Å². The molecular formula is C23H20FN3S. The van der Waals surface area contributed by atoms with Crippen molar-refractivity contribution in [1.29, 1.82) is 0 Å². The van der Waals surface area contributed by atoms with Gasteiger partial charge in [-0.05, 0) is 61.1 Å². The quantitative estimate of drug-likeness (QED) is 0.462. The molecule has 0 radical (unpaired) electrons. The maximum absolute atomic E-state index is 13.3. The zero-order valence-corrected chi connectivity index (χ0v) is 16.2. The molecule has 28 heavy (non-hydrogen) atoms. The molecule has 0 amide bonds. The first-order chi connectivity index (χ1) is 13.8. The van der Waals surface area contributed by atoms with Crippen molar-refractivity contribution in [3.8, 4) is 0 Å². The van der Waals surface area contributed by atoms with Crippen molar-refractivity contribution < 1.29 is 4.39 Å². The van der Waals surface area contributed by atoms with Crippen molar-refractivity contribution in [2.24, 2.45) is 0 Å². The number of rotatable bonds is 4. The number of fused-ring (bicyclic) bond motifs is 3. The topological polar surface area (TPSA) is 37.8 Å². The van der Waals surface area contributed by atoms with Crippen LogP contribution < -0.4 is 5.32 Å². The molecule has 0 unspecified atom stereocenters. The van der Waals surface area contributed by atoms with Crippen LogP contribution in [-0.4, -0.2) is 9.97 Å². The number of nitrogens with zero attached hydrogens (tertiary/aromatic N) is 2. The Kier molecular flexibility index (Phi) is 4.53. The van der Waals surface area contributed by atoms with E-state index >= 15 is 0 Å². The van der Waals surface area contributed by atoms with E-state index in [1.54, 1.807) is 23.5 Å². The molecule has 140 valence electrons. The van der Waals surface area contributed by atoms with E-state index in [1.807, 2.05) is 18.2 Å². The molecule has 0 atom stereocenters. The van der Waals surface area contributed by atoms with Gasteiger partial charge in [-0.15, -0.1) is 11.3 Å². The van der Waals surface area contributed by atoms with E-state index in [2.05, 4.69) is 17.4 Å². The number of halogens is 1. The fourth-order valence-corrected chi connectivity index (χ4v) is 5.10. The Morgan fingerprint density at radius 3 is 2.54 bits per heavy atom. The van der Waals surface area contributed by atoms with Crippen molar-refractivity contribution in [3.05, 3.63) is 82.2 Å². The van der Waals surface area contributed by atoms with E-state index in [9.17, 15) is 4.39 Å². The summed E-state index contributed by atoms with van der Waals surface area (Å²) in [7, 11) is 0. The summed E-state index contributed by atoms with van der Waals surface area (Å²) in [4.78, 5) is 12.3. The van der Waals surface area contributed by atoms with Crippen LogP contribution in [0.5, 0.6) is 0 Å². The highest BCUT2D eigenvalue weighted by atomic mass is 32.1. The first-order valence-corrected chi connectivity index (χ1v) is 10.5. The van der Waals surface area contributed by atoms with Crippen LogP contribution >= 0.6 is 11.3 Å². The highest BCUT2D eigenvalue weighted by molar-refractivity contribution is 7.19. The smallest absolute Gasteiger partial charge is 0.143 e. The summed E-state index contributed by atoms with van der Waals surface area (Å²) in [6.07, 6.45) is 5.35. The molecule has 2 aromatic heterocycles. The second-order valence-electron chi connectivity index (χ2n) is 7.17. The first kappa shape index (κ1) is 17.3. The lowest BCUT2D eigenvalue weighted by Gasteiger charge is -2.13. The van der Waals surface area contributed by atoms with Gasteiger partial charge in [0.1, 0.15) is 22.3 Å². The zero-order valence-electron chi connectivity index (χ0n) is 15.4. The van der Waals surface area contributed by atoms with Crippen molar-refractivity contribution in [2.45, 2.75) is 32.1 Å². The van der Waals surface area contributed by atoms with Gasteiger partial charge in [0.2, 0.25) is 0 Å².